The maximum Gasteiger partial charge on any atom is 0.267 e. The van der Waals surface area contributed by atoms with Gasteiger partial charge in [0.25, 0.3) is 5.91 Å². The Bertz CT molecular complexity index is 821. The predicted molar refractivity (Wildman–Crippen MR) is 93.4 cm³/mol. The normalized spacial score (nSPS) is 11.0. The minimum Gasteiger partial charge on any atom is -0.350 e. The van der Waals surface area contributed by atoms with Crippen LogP contribution in [0.15, 0.2) is 30.3 Å². The second kappa shape index (κ2) is 6.32. The Kier molecular flexibility index (Phi) is 4.43. The van der Waals surface area contributed by atoms with Gasteiger partial charge in [0, 0.05) is 6.54 Å². The lowest BCUT2D eigenvalue weighted by Gasteiger charge is -2.04. The number of aromatic nitrogens is 1. The molecule has 3 aromatic rings. The number of amides is 1. The summed E-state index contributed by atoms with van der Waals surface area (Å²) in [7, 11) is 0. The number of hydrogen-bond acceptors (Lipinski definition) is 2. The number of hydrogen-bond donors (Lipinski definition) is 2. The summed E-state index contributed by atoms with van der Waals surface area (Å²) in [6.45, 7) is 2.64. The van der Waals surface area contributed by atoms with Gasteiger partial charge >= 0.3 is 0 Å². The van der Waals surface area contributed by atoms with Crippen LogP contribution in [-0.2, 0) is 6.42 Å². The summed E-state index contributed by atoms with van der Waals surface area (Å²) in [6, 6.07) is 10.1. The van der Waals surface area contributed by atoms with Gasteiger partial charge in [0.15, 0.2) is 0 Å². The maximum absolute atomic E-state index is 12.1. The lowest BCUT2D eigenvalue weighted by atomic mass is 10.1. The van der Waals surface area contributed by atoms with Crippen molar-refractivity contribution in [1.29, 1.82) is 0 Å². The van der Waals surface area contributed by atoms with E-state index >= 15 is 0 Å². The van der Waals surface area contributed by atoms with Gasteiger partial charge in [-0.2, -0.15) is 0 Å². The molecule has 1 amide bonds. The molecule has 0 fully saturated rings. The average molecular weight is 353 g/mol. The molecule has 3 rings (SSSR count). The van der Waals surface area contributed by atoms with Gasteiger partial charge in [0.05, 0.1) is 15.2 Å². The Morgan fingerprint density at radius 1 is 1.27 bits per heavy atom. The Morgan fingerprint density at radius 3 is 2.68 bits per heavy atom. The number of nitrogens with one attached hydrogen (secondary N) is 2. The van der Waals surface area contributed by atoms with Crippen molar-refractivity contribution in [3.05, 3.63) is 56.5 Å². The fourth-order valence-electron chi connectivity index (χ4n) is 2.21. The molecule has 0 atom stereocenters. The highest BCUT2D eigenvalue weighted by Gasteiger charge is 2.15. The number of aryl methyl sites for hydroxylation is 1. The molecule has 114 valence electrons. The summed E-state index contributed by atoms with van der Waals surface area (Å²) in [5.74, 6) is -0.136. The Balaban J connectivity index is 1.62. The quantitative estimate of drug-likeness (QED) is 0.694. The van der Waals surface area contributed by atoms with Crippen LogP contribution in [0.1, 0.15) is 21.6 Å². The van der Waals surface area contributed by atoms with Gasteiger partial charge in [0.1, 0.15) is 10.0 Å². The number of H-pyrrole nitrogens is 1. The van der Waals surface area contributed by atoms with E-state index in [1.807, 2.05) is 0 Å². The summed E-state index contributed by atoms with van der Waals surface area (Å²) in [6.07, 6.45) is 0.799. The second-order valence-corrected chi connectivity index (χ2v) is 7.14. The number of aromatic amines is 1. The van der Waals surface area contributed by atoms with Crippen molar-refractivity contribution in [3.8, 4) is 0 Å². The average Bonchev–Trinajstić information content (AvgIpc) is 3.02. The van der Waals surface area contributed by atoms with Crippen LogP contribution in [0.3, 0.4) is 0 Å². The number of thiophene rings is 1. The van der Waals surface area contributed by atoms with E-state index in [9.17, 15) is 4.79 Å². The lowest BCUT2D eigenvalue weighted by Crippen LogP contribution is -2.25. The fourth-order valence-corrected chi connectivity index (χ4v) is 3.69. The molecule has 0 radical (unpaired) electrons. The van der Waals surface area contributed by atoms with E-state index in [-0.39, 0.29) is 5.91 Å². The Hall–Kier alpha value is -1.49. The highest BCUT2D eigenvalue weighted by atomic mass is 35.5. The molecule has 0 aliphatic heterocycles. The van der Waals surface area contributed by atoms with Crippen molar-refractivity contribution in [3.63, 3.8) is 0 Å². The molecule has 1 aromatic carbocycles. The van der Waals surface area contributed by atoms with Gasteiger partial charge in [-0.1, -0.05) is 53.0 Å². The molecule has 2 N–H and O–H groups in total. The summed E-state index contributed by atoms with van der Waals surface area (Å²) in [5, 5.41) is 3.38. The van der Waals surface area contributed by atoms with Crippen molar-refractivity contribution >= 4 is 50.7 Å². The molecule has 6 heteroatoms. The topological polar surface area (TPSA) is 44.9 Å². The van der Waals surface area contributed by atoms with Gasteiger partial charge in [0.2, 0.25) is 0 Å². The number of fused-ring (bicyclic) bond motifs is 1. The number of carbonyl (C=O) groups is 1. The first kappa shape index (κ1) is 15.4. The van der Waals surface area contributed by atoms with Gasteiger partial charge in [-0.15, -0.1) is 11.3 Å². The minimum absolute atomic E-state index is 0.136. The molecular weight excluding hydrogens is 339 g/mol. The van der Waals surface area contributed by atoms with E-state index in [0.29, 0.717) is 21.6 Å². The molecule has 3 nitrogen and oxygen atoms in total. The van der Waals surface area contributed by atoms with Gasteiger partial charge in [-0.3, -0.25) is 4.79 Å². The molecule has 22 heavy (non-hydrogen) atoms. The molecule has 0 aliphatic rings. The zero-order valence-electron chi connectivity index (χ0n) is 11.9. The maximum atomic E-state index is 12.1. The van der Waals surface area contributed by atoms with Crippen LogP contribution in [0.2, 0.25) is 9.36 Å². The van der Waals surface area contributed by atoms with Gasteiger partial charge in [-0.25, -0.2) is 0 Å². The summed E-state index contributed by atoms with van der Waals surface area (Å²) < 4.78 is 1.42. The third kappa shape index (κ3) is 3.14. The van der Waals surface area contributed by atoms with Crippen molar-refractivity contribution < 1.29 is 4.79 Å². The van der Waals surface area contributed by atoms with Crippen LogP contribution in [0.25, 0.3) is 10.2 Å². The third-order valence-corrected chi connectivity index (χ3v) is 5.37. The largest absolute Gasteiger partial charge is 0.350 e. The molecular formula is C16H14Cl2N2OS. The lowest BCUT2D eigenvalue weighted by molar-refractivity contribution is 0.0950. The second-order valence-electron chi connectivity index (χ2n) is 5.10. The molecule has 0 spiro atoms. The van der Waals surface area contributed by atoms with Crippen LogP contribution < -0.4 is 5.32 Å². The third-order valence-electron chi connectivity index (χ3n) is 3.44. The highest BCUT2D eigenvalue weighted by molar-refractivity contribution is 7.23. The number of carbonyl (C=O) groups excluding carboxylic acids is 1. The molecule has 0 aliphatic carbocycles. The molecule has 0 saturated heterocycles. The van der Waals surface area contributed by atoms with E-state index in [1.165, 1.54) is 22.5 Å². The molecule has 2 aromatic heterocycles. The van der Waals surface area contributed by atoms with E-state index < -0.39 is 0 Å². The predicted octanol–water partition coefficient (Wildman–Crippen LogP) is 4.82. The van der Waals surface area contributed by atoms with Gasteiger partial charge < -0.3 is 10.3 Å². The zero-order valence-corrected chi connectivity index (χ0v) is 14.2. The van der Waals surface area contributed by atoms with Gasteiger partial charge in [-0.05, 0) is 25.0 Å². The van der Waals surface area contributed by atoms with Crippen LogP contribution in [0, 0.1) is 6.92 Å². The fraction of sp³-hybridized carbons (Fsp3) is 0.188. The first-order valence-corrected chi connectivity index (χ1v) is 8.42. The zero-order chi connectivity index (χ0) is 15.7. The SMILES string of the molecule is Cc1ccc(CCNC(=O)c2cc3sc(Cl)c(Cl)c3[nH]2)cc1. The molecule has 2 heterocycles. The first-order valence-electron chi connectivity index (χ1n) is 6.85. The summed E-state index contributed by atoms with van der Waals surface area (Å²) >= 11 is 13.4. The van der Waals surface area contributed by atoms with Crippen molar-refractivity contribution in [1.82, 2.24) is 10.3 Å². The number of halogens is 2. The van der Waals surface area contributed by atoms with E-state index in [4.69, 9.17) is 23.2 Å². The van der Waals surface area contributed by atoms with Crippen molar-refractivity contribution in [2.75, 3.05) is 6.54 Å². The van der Waals surface area contributed by atoms with Crippen molar-refractivity contribution in [2.45, 2.75) is 13.3 Å². The molecule has 0 unspecified atom stereocenters. The monoisotopic (exact) mass is 352 g/mol. The Morgan fingerprint density at radius 2 is 2.00 bits per heavy atom. The van der Waals surface area contributed by atoms with Crippen LogP contribution in [0.4, 0.5) is 0 Å². The Labute approximate surface area is 142 Å². The van der Waals surface area contributed by atoms with E-state index in [2.05, 4.69) is 41.5 Å². The standard InChI is InChI=1S/C16H14Cl2N2OS/c1-9-2-4-10(5-3-9)6-7-19-16(21)11-8-12-14(20-11)13(17)15(18)22-12/h2-5,8,20H,6-7H2,1H3,(H,19,21). The van der Waals surface area contributed by atoms with Crippen LogP contribution >= 0.6 is 34.5 Å². The summed E-state index contributed by atoms with van der Waals surface area (Å²) in [4.78, 5) is 15.2. The minimum atomic E-state index is -0.136. The number of rotatable bonds is 4. The molecule has 0 bridgehead atoms. The first-order chi connectivity index (χ1) is 10.5. The van der Waals surface area contributed by atoms with Crippen LogP contribution in [-0.4, -0.2) is 17.4 Å². The molecule has 0 saturated carbocycles. The smallest absolute Gasteiger partial charge is 0.267 e. The highest BCUT2D eigenvalue weighted by Crippen LogP contribution is 2.38. The van der Waals surface area contributed by atoms with E-state index in [0.717, 1.165) is 16.6 Å². The van der Waals surface area contributed by atoms with Crippen molar-refractivity contribution in [2.24, 2.45) is 0 Å². The summed E-state index contributed by atoms with van der Waals surface area (Å²) in [5.41, 5.74) is 3.66. The van der Waals surface area contributed by atoms with E-state index in [1.54, 1.807) is 6.07 Å². The van der Waals surface area contributed by atoms with Crippen LogP contribution in [0.5, 0.6) is 0 Å². The number of benzene rings is 1.